The van der Waals surface area contributed by atoms with Crippen LogP contribution in [-0.2, 0) is 11.2 Å². The normalized spacial score (nSPS) is 11.5. The molecule has 1 heterocycles. The SMILES string of the molecule is N[C@@H](Cc1ccc(OCCNC(=O)c2ccncn2)cc1)C(=O)O. The van der Waals surface area contributed by atoms with E-state index in [0.717, 1.165) is 5.56 Å². The second-order valence-corrected chi connectivity index (χ2v) is 4.99. The fourth-order valence-electron chi connectivity index (χ4n) is 1.91. The van der Waals surface area contributed by atoms with Crippen LogP contribution in [0.4, 0.5) is 0 Å². The maximum Gasteiger partial charge on any atom is 0.320 e. The lowest BCUT2D eigenvalue weighted by atomic mass is 10.1. The molecule has 0 aliphatic carbocycles. The number of hydrogen-bond acceptors (Lipinski definition) is 6. The van der Waals surface area contributed by atoms with Crippen molar-refractivity contribution in [2.45, 2.75) is 12.5 Å². The number of nitrogens with zero attached hydrogens (tertiary/aromatic N) is 2. The van der Waals surface area contributed by atoms with Crippen molar-refractivity contribution in [1.29, 1.82) is 0 Å². The number of hydrogen-bond donors (Lipinski definition) is 3. The van der Waals surface area contributed by atoms with E-state index in [9.17, 15) is 9.59 Å². The Morgan fingerprint density at radius 3 is 2.62 bits per heavy atom. The molecule has 0 spiro atoms. The molecule has 1 aromatic heterocycles. The van der Waals surface area contributed by atoms with E-state index in [4.69, 9.17) is 15.6 Å². The summed E-state index contributed by atoms with van der Waals surface area (Å²) in [6.07, 6.45) is 3.06. The Labute approximate surface area is 138 Å². The summed E-state index contributed by atoms with van der Waals surface area (Å²) in [5, 5.41) is 11.5. The van der Waals surface area contributed by atoms with E-state index in [1.54, 1.807) is 24.3 Å². The summed E-state index contributed by atoms with van der Waals surface area (Å²) in [4.78, 5) is 30.0. The van der Waals surface area contributed by atoms with Crippen LogP contribution in [0.3, 0.4) is 0 Å². The maximum absolute atomic E-state index is 11.7. The highest BCUT2D eigenvalue weighted by atomic mass is 16.5. The summed E-state index contributed by atoms with van der Waals surface area (Å²) in [6, 6.07) is 7.59. The first-order valence-corrected chi connectivity index (χ1v) is 7.30. The molecule has 2 rings (SSSR count). The molecule has 4 N–H and O–H groups in total. The van der Waals surface area contributed by atoms with E-state index >= 15 is 0 Å². The van der Waals surface area contributed by atoms with Gasteiger partial charge < -0.3 is 20.9 Å². The molecule has 1 amide bonds. The highest BCUT2D eigenvalue weighted by Gasteiger charge is 2.11. The van der Waals surface area contributed by atoms with E-state index < -0.39 is 12.0 Å². The number of carboxylic acids is 1. The van der Waals surface area contributed by atoms with Crippen molar-refractivity contribution in [2.24, 2.45) is 5.73 Å². The summed E-state index contributed by atoms with van der Waals surface area (Å²) in [6.45, 7) is 0.624. The fourth-order valence-corrected chi connectivity index (χ4v) is 1.91. The molecule has 0 aliphatic rings. The minimum atomic E-state index is -1.03. The fraction of sp³-hybridized carbons (Fsp3) is 0.250. The topological polar surface area (TPSA) is 127 Å². The van der Waals surface area contributed by atoms with Crippen LogP contribution >= 0.6 is 0 Å². The van der Waals surface area contributed by atoms with Crippen LogP contribution in [0, 0.1) is 0 Å². The molecule has 0 saturated carbocycles. The number of ether oxygens (including phenoxy) is 1. The monoisotopic (exact) mass is 330 g/mol. The Kier molecular flexibility index (Phi) is 6.21. The molecule has 24 heavy (non-hydrogen) atoms. The molecule has 8 heteroatoms. The zero-order chi connectivity index (χ0) is 17.4. The van der Waals surface area contributed by atoms with Gasteiger partial charge in [-0.05, 0) is 30.2 Å². The lowest BCUT2D eigenvalue weighted by molar-refractivity contribution is -0.138. The molecule has 1 aromatic carbocycles. The van der Waals surface area contributed by atoms with Gasteiger partial charge in [0.15, 0.2) is 0 Å². The van der Waals surface area contributed by atoms with E-state index in [-0.39, 0.29) is 12.3 Å². The number of rotatable bonds is 8. The minimum Gasteiger partial charge on any atom is -0.492 e. The van der Waals surface area contributed by atoms with Crippen LogP contribution in [0.25, 0.3) is 0 Å². The molecular formula is C16H18N4O4. The van der Waals surface area contributed by atoms with Crippen molar-refractivity contribution in [3.63, 3.8) is 0 Å². The lowest BCUT2D eigenvalue weighted by Crippen LogP contribution is -2.32. The first-order valence-electron chi connectivity index (χ1n) is 7.30. The van der Waals surface area contributed by atoms with Gasteiger partial charge in [0.1, 0.15) is 30.4 Å². The summed E-state index contributed by atoms with van der Waals surface area (Å²) in [5.74, 6) is -0.701. The number of benzene rings is 1. The number of carbonyl (C=O) groups is 2. The molecule has 0 aliphatic heterocycles. The van der Waals surface area contributed by atoms with Gasteiger partial charge in [-0.25, -0.2) is 9.97 Å². The number of aromatic nitrogens is 2. The third-order valence-corrected chi connectivity index (χ3v) is 3.17. The Morgan fingerprint density at radius 1 is 1.25 bits per heavy atom. The number of carboxylic acid groups (broad SMARTS) is 1. The molecular weight excluding hydrogens is 312 g/mol. The van der Waals surface area contributed by atoms with Gasteiger partial charge in [0.05, 0.1) is 6.54 Å². The summed E-state index contributed by atoms with van der Waals surface area (Å²) < 4.78 is 5.50. The number of nitrogens with one attached hydrogen (secondary N) is 1. The summed E-state index contributed by atoms with van der Waals surface area (Å²) in [5.41, 5.74) is 6.59. The molecule has 0 fully saturated rings. The van der Waals surface area contributed by atoms with E-state index in [1.807, 2.05) is 0 Å². The van der Waals surface area contributed by atoms with Crippen molar-refractivity contribution in [2.75, 3.05) is 13.2 Å². The van der Waals surface area contributed by atoms with Gasteiger partial charge in [-0.15, -0.1) is 0 Å². The van der Waals surface area contributed by atoms with Gasteiger partial charge in [-0.1, -0.05) is 12.1 Å². The second-order valence-electron chi connectivity index (χ2n) is 4.99. The number of carbonyl (C=O) groups excluding carboxylic acids is 1. The van der Waals surface area contributed by atoms with Crippen LogP contribution < -0.4 is 15.8 Å². The van der Waals surface area contributed by atoms with Crippen LogP contribution in [0.1, 0.15) is 16.1 Å². The molecule has 0 unspecified atom stereocenters. The highest BCUT2D eigenvalue weighted by molar-refractivity contribution is 5.91. The van der Waals surface area contributed by atoms with Gasteiger partial charge in [-0.3, -0.25) is 9.59 Å². The largest absolute Gasteiger partial charge is 0.492 e. The molecule has 126 valence electrons. The predicted molar refractivity (Wildman–Crippen MR) is 85.6 cm³/mol. The molecule has 0 radical (unpaired) electrons. The van der Waals surface area contributed by atoms with Crippen LogP contribution in [0.2, 0.25) is 0 Å². The van der Waals surface area contributed by atoms with Crippen molar-refractivity contribution in [3.05, 3.63) is 54.1 Å². The quantitative estimate of drug-likeness (QED) is 0.592. The third kappa shape index (κ3) is 5.33. The molecule has 0 bridgehead atoms. The zero-order valence-electron chi connectivity index (χ0n) is 12.9. The number of nitrogens with two attached hydrogens (primary N) is 1. The third-order valence-electron chi connectivity index (χ3n) is 3.17. The predicted octanol–water partition coefficient (Wildman–Crippen LogP) is 0.240. The Morgan fingerprint density at radius 2 is 2.00 bits per heavy atom. The van der Waals surface area contributed by atoms with Crippen molar-refractivity contribution < 1.29 is 19.4 Å². The average Bonchev–Trinajstić information content (AvgIpc) is 2.60. The van der Waals surface area contributed by atoms with Gasteiger partial charge in [0, 0.05) is 6.20 Å². The van der Waals surface area contributed by atoms with Crippen LogP contribution in [0.5, 0.6) is 5.75 Å². The van der Waals surface area contributed by atoms with E-state index in [1.165, 1.54) is 18.6 Å². The smallest absolute Gasteiger partial charge is 0.320 e. The molecule has 8 nitrogen and oxygen atoms in total. The maximum atomic E-state index is 11.7. The van der Waals surface area contributed by atoms with Gasteiger partial charge in [0.2, 0.25) is 0 Å². The van der Waals surface area contributed by atoms with Crippen molar-refractivity contribution >= 4 is 11.9 Å². The average molecular weight is 330 g/mol. The molecule has 1 atom stereocenters. The summed E-state index contributed by atoms with van der Waals surface area (Å²) in [7, 11) is 0. The minimum absolute atomic E-state index is 0.255. The Hall–Kier alpha value is -3.00. The van der Waals surface area contributed by atoms with Crippen molar-refractivity contribution in [1.82, 2.24) is 15.3 Å². The summed E-state index contributed by atoms with van der Waals surface area (Å²) >= 11 is 0. The lowest BCUT2D eigenvalue weighted by Gasteiger charge is -2.09. The zero-order valence-corrected chi connectivity index (χ0v) is 12.9. The standard InChI is InChI=1S/C16H18N4O4/c17-13(16(22)23)9-11-1-3-12(4-2-11)24-8-7-19-15(21)14-5-6-18-10-20-14/h1-6,10,13H,7-9,17H2,(H,19,21)(H,22,23)/t13-/m0/s1. The molecule has 0 saturated heterocycles. The van der Waals surface area contributed by atoms with Gasteiger partial charge in [0.25, 0.3) is 5.91 Å². The van der Waals surface area contributed by atoms with Crippen LogP contribution in [-0.4, -0.2) is 46.1 Å². The number of aliphatic carboxylic acids is 1. The van der Waals surface area contributed by atoms with E-state index in [2.05, 4.69) is 15.3 Å². The first-order chi connectivity index (χ1) is 11.6. The highest BCUT2D eigenvalue weighted by Crippen LogP contribution is 2.13. The second kappa shape index (κ2) is 8.59. The number of amides is 1. The van der Waals surface area contributed by atoms with Gasteiger partial charge >= 0.3 is 5.97 Å². The van der Waals surface area contributed by atoms with Crippen molar-refractivity contribution in [3.8, 4) is 5.75 Å². The van der Waals surface area contributed by atoms with E-state index in [0.29, 0.717) is 24.6 Å². The Balaban J connectivity index is 1.73. The van der Waals surface area contributed by atoms with Crippen LogP contribution in [0.15, 0.2) is 42.9 Å². The van der Waals surface area contributed by atoms with Gasteiger partial charge in [-0.2, -0.15) is 0 Å². The first kappa shape index (κ1) is 17.4. The Bertz CT molecular complexity index is 676. The molecule has 2 aromatic rings.